The van der Waals surface area contributed by atoms with Gasteiger partial charge in [0, 0.05) is 43.5 Å². The van der Waals surface area contributed by atoms with Crippen LogP contribution in [0.25, 0.3) is 11.1 Å². The zero-order chi connectivity index (χ0) is 32.4. The largest absolute Gasteiger partial charge is 0.497 e. The fourth-order valence-corrected chi connectivity index (χ4v) is 6.12. The minimum atomic E-state index is -4.75. The number of methoxy groups -OCH3 is 1. The van der Waals surface area contributed by atoms with Gasteiger partial charge in [0.15, 0.2) is 5.82 Å². The van der Waals surface area contributed by atoms with Crippen LogP contribution in [-0.2, 0) is 25.7 Å². The van der Waals surface area contributed by atoms with Crippen LogP contribution >= 0.6 is 0 Å². The van der Waals surface area contributed by atoms with Crippen LogP contribution in [0.5, 0.6) is 5.75 Å². The van der Waals surface area contributed by atoms with E-state index in [2.05, 4.69) is 9.71 Å². The van der Waals surface area contributed by atoms with E-state index in [1.807, 2.05) is 16.7 Å². The smallest absolute Gasteiger partial charge is 0.416 e. The molecular formula is C30H34F4N4O5S. The molecule has 238 valence electrons. The highest BCUT2D eigenvalue weighted by Crippen LogP contribution is 2.36. The van der Waals surface area contributed by atoms with Gasteiger partial charge in [-0.3, -0.25) is 14.4 Å². The maximum atomic E-state index is 14.3. The number of pyridine rings is 1. The maximum absolute atomic E-state index is 14.3. The normalized spacial score (nSPS) is 16.5. The third-order valence-electron chi connectivity index (χ3n) is 7.49. The molecule has 2 aromatic carbocycles. The van der Waals surface area contributed by atoms with E-state index in [1.165, 1.54) is 31.5 Å². The Bertz CT molecular complexity index is 1630. The van der Waals surface area contributed by atoms with Crippen molar-refractivity contribution in [3.63, 3.8) is 0 Å². The van der Waals surface area contributed by atoms with Gasteiger partial charge >= 0.3 is 12.1 Å². The van der Waals surface area contributed by atoms with E-state index in [0.717, 1.165) is 18.2 Å². The van der Waals surface area contributed by atoms with Gasteiger partial charge in [-0.05, 0) is 69.7 Å². The Hall–Kier alpha value is -3.91. The molecule has 1 aromatic heterocycles. The summed E-state index contributed by atoms with van der Waals surface area (Å²) in [5.41, 5.74) is -1.38. The van der Waals surface area contributed by atoms with Crippen LogP contribution < -0.4 is 14.4 Å². The van der Waals surface area contributed by atoms with Gasteiger partial charge in [-0.25, -0.2) is 17.8 Å². The van der Waals surface area contributed by atoms with Crippen LogP contribution in [0.15, 0.2) is 59.6 Å². The lowest BCUT2D eigenvalue weighted by Gasteiger charge is -2.46. The second-order valence-electron chi connectivity index (χ2n) is 10.9. The molecule has 0 bridgehead atoms. The molecule has 1 aliphatic heterocycles. The third-order valence-corrected chi connectivity index (χ3v) is 8.85. The van der Waals surface area contributed by atoms with Gasteiger partial charge < -0.3 is 14.4 Å². The number of sulfonamides is 1. The summed E-state index contributed by atoms with van der Waals surface area (Å²) in [7, 11) is -3.16. The van der Waals surface area contributed by atoms with Crippen molar-refractivity contribution in [3.05, 3.63) is 66.1 Å². The average Bonchev–Trinajstić information content (AvgIpc) is 2.96. The number of alkyl halides is 3. The van der Waals surface area contributed by atoms with Crippen LogP contribution in [0, 0.1) is 5.82 Å². The van der Waals surface area contributed by atoms with Crippen LogP contribution in [0.3, 0.4) is 0 Å². The van der Waals surface area contributed by atoms with Gasteiger partial charge in [0.25, 0.3) is 10.0 Å². The summed E-state index contributed by atoms with van der Waals surface area (Å²) in [6.45, 7) is 8.52. The standard InChI is InChI=1S/C30H34F4N4O5S/c1-6-43-28(39)29(3,4)37-10-11-38(19(2)18-37)27-26(14-21(17-35-27)20-12-23(31)16-24(13-20)42-5)36-44(40,41)25-9-7-8-22(15-25)30(32,33)34/h7-9,12-17,19,36H,6,10-11,18H2,1-5H3/t19-/m1/s1. The monoisotopic (exact) mass is 638 g/mol. The molecule has 1 aliphatic rings. The maximum Gasteiger partial charge on any atom is 0.416 e. The van der Waals surface area contributed by atoms with Crippen LogP contribution in [0.1, 0.15) is 33.3 Å². The zero-order valence-corrected chi connectivity index (χ0v) is 25.7. The molecule has 14 heteroatoms. The minimum absolute atomic E-state index is 0.0203. The van der Waals surface area contributed by atoms with E-state index < -0.39 is 38.0 Å². The summed E-state index contributed by atoms with van der Waals surface area (Å²) in [6, 6.07) is 8.53. The van der Waals surface area contributed by atoms with Gasteiger partial charge in [0.2, 0.25) is 0 Å². The van der Waals surface area contributed by atoms with Crippen molar-refractivity contribution in [2.75, 3.05) is 43.0 Å². The number of benzene rings is 2. The number of anilines is 2. The lowest BCUT2D eigenvalue weighted by Crippen LogP contribution is -2.61. The first-order valence-corrected chi connectivity index (χ1v) is 15.3. The third kappa shape index (κ3) is 7.07. The molecule has 2 heterocycles. The lowest BCUT2D eigenvalue weighted by molar-refractivity contribution is -0.156. The molecule has 0 radical (unpaired) electrons. The fourth-order valence-electron chi connectivity index (χ4n) is 5.03. The topological polar surface area (TPSA) is 101 Å². The number of carbonyl (C=O) groups excluding carboxylic acids is 1. The molecule has 4 rings (SSSR count). The first-order valence-electron chi connectivity index (χ1n) is 13.8. The van der Waals surface area contributed by atoms with Crippen molar-refractivity contribution in [1.29, 1.82) is 0 Å². The van der Waals surface area contributed by atoms with Gasteiger partial charge in [-0.2, -0.15) is 13.2 Å². The van der Waals surface area contributed by atoms with Crippen LogP contribution in [-0.4, -0.2) is 69.2 Å². The van der Waals surface area contributed by atoms with Gasteiger partial charge in [0.1, 0.15) is 17.1 Å². The Morgan fingerprint density at radius 1 is 1.09 bits per heavy atom. The van der Waals surface area contributed by atoms with Crippen molar-refractivity contribution in [2.24, 2.45) is 0 Å². The Kier molecular flexibility index (Phi) is 9.45. The number of piperazine rings is 1. The Morgan fingerprint density at radius 3 is 2.45 bits per heavy atom. The Labute approximate surface area is 253 Å². The minimum Gasteiger partial charge on any atom is -0.497 e. The zero-order valence-electron chi connectivity index (χ0n) is 24.9. The van der Waals surface area contributed by atoms with Crippen molar-refractivity contribution < 1.29 is 40.2 Å². The van der Waals surface area contributed by atoms with Crippen molar-refractivity contribution >= 4 is 27.5 Å². The predicted octanol–water partition coefficient (Wildman–Crippen LogP) is 5.57. The van der Waals surface area contributed by atoms with Crippen molar-refractivity contribution in [3.8, 4) is 16.9 Å². The molecule has 1 N–H and O–H groups in total. The second kappa shape index (κ2) is 12.6. The molecular weight excluding hydrogens is 604 g/mol. The number of halogens is 4. The number of aromatic nitrogens is 1. The molecule has 9 nitrogen and oxygen atoms in total. The fraction of sp³-hybridized carbons (Fsp3) is 0.400. The summed E-state index contributed by atoms with van der Waals surface area (Å²) < 4.78 is 94.2. The quantitative estimate of drug-likeness (QED) is 0.240. The predicted molar refractivity (Wildman–Crippen MR) is 158 cm³/mol. The number of carbonyl (C=O) groups is 1. The Morgan fingerprint density at radius 2 is 1.82 bits per heavy atom. The second-order valence-corrected chi connectivity index (χ2v) is 12.6. The van der Waals surface area contributed by atoms with E-state index >= 15 is 0 Å². The highest BCUT2D eigenvalue weighted by molar-refractivity contribution is 7.92. The van der Waals surface area contributed by atoms with Gasteiger partial charge in [-0.15, -0.1) is 0 Å². The van der Waals surface area contributed by atoms with E-state index in [4.69, 9.17) is 9.47 Å². The molecule has 1 atom stereocenters. The highest BCUT2D eigenvalue weighted by Gasteiger charge is 2.40. The molecule has 0 aliphatic carbocycles. The Balaban J connectivity index is 1.75. The average molecular weight is 639 g/mol. The molecule has 1 saturated heterocycles. The van der Waals surface area contributed by atoms with Gasteiger partial charge in [0.05, 0.1) is 29.9 Å². The molecule has 0 amide bonds. The number of rotatable bonds is 9. The lowest BCUT2D eigenvalue weighted by atomic mass is 9.99. The summed E-state index contributed by atoms with van der Waals surface area (Å²) in [5, 5.41) is 0. The number of nitrogens with zero attached hydrogens (tertiary/aromatic N) is 3. The van der Waals surface area contributed by atoms with E-state index in [9.17, 15) is 30.8 Å². The number of hydrogen-bond acceptors (Lipinski definition) is 8. The molecule has 0 saturated carbocycles. The first-order chi connectivity index (χ1) is 20.6. The summed E-state index contributed by atoms with van der Waals surface area (Å²) in [4.78, 5) is 20.4. The number of ether oxygens (including phenoxy) is 2. The molecule has 44 heavy (non-hydrogen) atoms. The number of esters is 1. The van der Waals surface area contributed by atoms with Crippen molar-refractivity contribution in [2.45, 2.75) is 50.3 Å². The SMILES string of the molecule is CCOC(=O)C(C)(C)N1CCN(c2ncc(-c3cc(F)cc(OC)c3)cc2NS(=O)(=O)c2cccc(C(F)(F)F)c2)[C@H](C)C1. The van der Waals surface area contributed by atoms with E-state index in [1.54, 1.807) is 26.8 Å². The van der Waals surface area contributed by atoms with E-state index in [0.29, 0.717) is 36.8 Å². The van der Waals surface area contributed by atoms with Crippen LogP contribution in [0.4, 0.5) is 29.1 Å². The summed E-state index contributed by atoms with van der Waals surface area (Å²) in [5.74, 6) is -0.524. The molecule has 0 unspecified atom stereocenters. The highest BCUT2D eigenvalue weighted by atomic mass is 32.2. The number of nitrogens with one attached hydrogen (secondary N) is 1. The molecule has 3 aromatic rings. The number of hydrogen-bond donors (Lipinski definition) is 1. The summed E-state index contributed by atoms with van der Waals surface area (Å²) >= 11 is 0. The van der Waals surface area contributed by atoms with Gasteiger partial charge in [-0.1, -0.05) is 6.07 Å². The first kappa shape index (κ1) is 33.0. The van der Waals surface area contributed by atoms with Crippen molar-refractivity contribution in [1.82, 2.24) is 9.88 Å². The molecule has 1 fully saturated rings. The van der Waals surface area contributed by atoms with E-state index in [-0.39, 0.29) is 35.9 Å². The van der Waals surface area contributed by atoms with Crippen LogP contribution in [0.2, 0.25) is 0 Å². The molecule has 0 spiro atoms. The summed E-state index contributed by atoms with van der Waals surface area (Å²) in [6.07, 6.45) is -3.30.